The molecule has 0 aliphatic carbocycles. The van der Waals surface area contributed by atoms with Gasteiger partial charge >= 0.3 is 5.97 Å². The Kier molecular flexibility index (Phi) is 9.50. The third kappa shape index (κ3) is 5.52. The van der Waals surface area contributed by atoms with Gasteiger partial charge in [0, 0.05) is 35.2 Å². The number of aliphatic hydroxyl groups excluding tert-OH is 1. The minimum atomic E-state index is -0.717. The van der Waals surface area contributed by atoms with Crippen LogP contribution in [0.25, 0.3) is 0 Å². The fourth-order valence-corrected chi connectivity index (χ4v) is 9.05. The Balaban J connectivity index is 1.70. The van der Waals surface area contributed by atoms with Crippen LogP contribution in [-0.2, 0) is 19.1 Å². The van der Waals surface area contributed by atoms with Crippen LogP contribution in [0.4, 0.5) is 5.69 Å². The molecule has 0 saturated carbocycles. The van der Waals surface area contributed by atoms with Gasteiger partial charge < -0.3 is 19.6 Å². The SMILES string of the molecule is C=CCCCOC(=O)[C@H]1[C@H]2C(=O)N(CCCCCO)C(C(=O)N(CC=C)c3ccc(Cl)cc3)C23CC[C@]1(C)S3. The molecular formula is C30H39ClN2O5S. The van der Waals surface area contributed by atoms with Gasteiger partial charge in [0.15, 0.2) is 0 Å². The second-order valence-electron chi connectivity index (χ2n) is 10.9. The Labute approximate surface area is 240 Å². The number of hydrogen-bond donors (Lipinski definition) is 1. The third-order valence-electron chi connectivity index (χ3n) is 8.33. The van der Waals surface area contributed by atoms with Crippen LogP contribution < -0.4 is 4.90 Å². The summed E-state index contributed by atoms with van der Waals surface area (Å²) in [5, 5.41) is 9.82. The molecule has 2 unspecified atom stereocenters. The van der Waals surface area contributed by atoms with Gasteiger partial charge in [-0.05, 0) is 76.1 Å². The van der Waals surface area contributed by atoms with Crippen molar-refractivity contribution >= 4 is 46.8 Å². The molecule has 9 heteroatoms. The molecule has 0 radical (unpaired) electrons. The lowest BCUT2D eigenvalue weighted by molar-refractivity contribution is -0.155. The summed E-state index contributed by atoms with van der Waals surface area (Å²) < 4.78 is 4.51. The molecule has 2 bridgehead atoms. The van der Waals surface area contributed by atoms with Crippen LogP contribution in [0.1, 0.15) is 51.9 Å². The molecule has 1 spiro atoms. The van der Waals surface area contributed by atoms with E-state index in [1.165, 1.54) is 0 Å². The highest BCUT2D eigenvalue weighted by Crippen LogP contribution is 2.71. The van der Waals surface area contributed by atoms with E-state index in [0.29, 0.717) is 42.9 Å². The van der Waals surface area contributed by atoms with Crippen molar-refractivity contribution in [3.8, 4) is 0 Å². The third-order valence-corrected chi connectivity index (χ3v) is 10.6. The van der Waals surface area contributed by atoms with Gasteiger partial charge in [0.1, 0.15) is 6.04 Å². The van der Waals surface area contributed by atoms with Gasteiger partial charge in [0.2, 0.25) is 5.91 Å². The Morgan fingerprint density at radius 2 is 1.92 bits per heavy atom. The summed E-state index contributed by atoms with van der Waals surface area (Å²) in [6, 6.07) is 6.35. The predicted octanol–water partition coefficient (Wildman–Crippen LogP) is 5.01. The zero-order chi connectivity index (χ0) is 28.2. The predicted molar refractivity (Wildman–Crippen MR) is 156 cm³/mol. The smallest absolute Gasteiger partial charge is 0.311 e. The standard InChI is InChI=1S/C30H39ClN2O5S/c1-4-6-10-20-38-28(37)24-23-26(35)33(18-8-7-9-19-34)25(30(23)16-15-29(24,3)39-30)27(36)32(17-5-2)22-13-11-21(31)12-14-22/h4-5,11-14,23-25,34H,1-2,6-10,15-20H2,3H3/t23-,24+,25?,29-,30?/m0/s1. The molecule has 1 aromatic carbocycles. The molecule has 5 atom stereocenters. The average Bonchev–Trinajstić information content (AvgIpc) is 3.48. The van der Waals surface area contributed by atoms with Crippen LogP contribution in [0.3, 0.4) is 0 Å². The second-order valence-corrected chi connectivity index (χ2v) is 13.2. The average molecular weight is 575 g/mol. The van der Waals surface area contributed by atoms with Crippen molar-refractivity contribution < 1.29 is 24.2 Å². The number of carbonyl (C=O) groups is 3. The van der Waals surface area contributed by atoms with Crippen LogP contribution in [0.2, 0.25) is 5.02 Å². The highest BCUT2D eigenvalue weighted by molar-refractivity contribution is 8.02. The summed E-state index contributed by atoms with van der Waals surface area (Å²) in [5.74, 6) is -1.88. The molecule has 2 amide bonds. The summed E-state index contributed by atoms with van der Waals surface area (Å²) in [6.45, 7) is 10.7. The van der Waals surface area contributed by atoms with Gasteiger partial charge in [-0.2, -0.15) is 0 Å². The molecule has 3 fully saturated rings. The van der Waals surface area contributed by atoms with Gasteiger partial charge in [-0.25, -0.2) is 0 Å². The van der Waals surface area contributed by atoms with E-state index >= 15 is 0 Å². The van der Waals surface area contributed by atoms with Crippen molar-refractivity contribution in [1.29, 1.82) is 0 Å². The number of esters is 1. The number of rotatable bonds is 14. The van der Waals surface area contributed by atoms with Crippen LogP contribution in [0.5, 0.6) is 0 Å². The number of unbranched alkanes of at least 4 members (excludes halogenated alkanes) is 3. The first-order chi connectivity index (χ1) is 18.7. The Morgan fingerprint density at radius 3 is 2.59 bits per heavy atom. The molecule has 39 heavy (non-hydrogen) atoms. The fraction of sp³-hybridized carbons (Fsp3) is 0.567. The molecule has 0 aromatic heterocycles. The van der Waals surface area contributed by atoms with Crippen LogP contribution in [-0.4, -0.2) is 69.6 Å². The number of anilines is 1. The lowest BCUT2D eigenvalue weighted by Gasteiger charge is -2.37. The maximum absolute atomic E-state index is 14.5. The van der Waals surface area contributed by atoms with E-state index in [-0.39, 0.29) is 37.5 Å². The summed E-state index contributed by atoms with van der Waals surface area (Å²) in [6.07, 6.45) is 8.35. The molecule has 3 saturated heterocycles. The van der Waals surface area contributed by atoms with E-state index in [1.807, 2.05) is 6.92 Å². The first kappa shape index (κ1) is 29.7. The lowest BCUT2D eigenvalue weighted by atomic mass is 9.66. The molecule has 7 nitrogen and oxygen atoms in total. The minimum Gasteiger partial charge on any atom is -0.465 e. The number of amides is 2. The van der Waals surface area contributed by atoms with Crippen molar-refractivity contribution in [2.45, 2.75) is 67.4 Å². The number of allylic oxidation sites excluding steroid dienone is 1. The summed E-state index contributed by atoms with van der Waals surface area (Å²) in [7, 11) is 0. The van der Waals surface area contributed by atoms with E-state index in [0.717, 1.165) is 19.3 Å². The van der Waals surface area contributed by atoms with Crippen molar-refractivity contribution in [3.63, 3.8) is 0 Å². The molecule has 1 aromatic rings. The first-order valence-electron chi connectivity index (χ1n) is 13.8. The molecular weight excluding hydrogens is 536 g/mol. The molecule has 4 rings (SSSR count). The van der Waals surface area contributed by atoms with Crippen LogP contribution in [0.15, 0.2) is 49.6 Å². The topological polar surface area (TPSA) is 87.1 Å². The number of ether oxygens (including phenoxy) is 1. The lowest BCUT2D eigenvalue weighted by Crippen LogP contribution is -2.55. The highest BCUT2D eigenvalue weighted by Gasteiger charge is 2.77. The van der Waals surface area contributed by atoms with E-state index in [2.05, 4.69) is 13.2 Å². The molecule has 3 heterocycles. The Hall–Kier alpha value is -2.29. The quantitative estimate of drug-likeness (QED) is 0.191. The number of aliphatic hydroxyl groups is 1. The molecule has 3 aliphatic rings. The normalized spacial score (nSPS) is 28.8. The summed E-state index contributed by atoms with van der Waals surface area (Å²) in [4.78, 5) is 45.5. The monoisotopic (exact) mass is 574 g/mol. The van der Waals surface area contributed by atoms with Gasteiger partial charge in [-0.3, -0.25) is 14.4 Å². The molecule has 3 aliphatic heterocycles. The number of hydrogen-bond acceptors (Lipinski definition) is 6. The van der Waals surface area contributed by atoms with Gasteiger partial charge in [-0.1, -0.05) is 23.8 Å². The maximum atomic E-state index is 14.5. The van der Waals surface area contributed by atoms with E-state index in [4.69, 9.17) is 16.3 Å². The van der Waals surface area contributed by atoms with E-state index < -0.39 is 27.4 Å². The Morgan fingerprint density at radius 1 is 1.18 bits per heavy atom. The van der Waals surface area contributed by atoms with Crippen molar-refractivity contribution in [2.24, 2.45) is 11.8 Å². The number of halogens is 1. The highest BCUT2D eigenvalue weighted by atomic mass is 35.5. The first-order valence-corrected chi connectivity index (χ1v) is 15.0. The minimum absolute atomic E-state index is 0.0839. The molecule has 1 N–H and O–H groups in total. The van der Waals surface area contributed by atoms with Crippen molar-refractivity contribution in [2.75, 3.05) is 31.2 Å². The van der Waals surface area contributed by atoms with Crippen LogP contribution in [0, 0.1) is 11.8 Å². The summed E-state index contributed by atoms with van der Waals surface area (Å²) in [5.41, 5.74) is 0.679. The van der Waals surface area contributed by atoms with Crippen LogP contribution >= 0.6 is 23.4 Å². The largest absolute Gasteiger partial charge is 0.465 e. The van der Waals surface area contributed by atoms with E-state index in [1.54, 1.807) is 58.0 Å². The number of benzene rings is 1. The van der Waals surface area contributed by atoms with Crippen molar-refractivity contribution in [1.82, 2.24) is 4.90 Å². The number of fused-ring (bicyclic) bond motifs is 1. The summed E-state index contributed by atoms with van der Waals surface area (Å²) >= 11 is 7.76. The van der Waals surface area contributed by atoms with Gasteiger partial charge in [-0.15, -0.1) is 24.9 Å². The maximum Gasteiger partial charge on any atom is 0.311 e. The zero-order valence-electron chi connectivity index (χ0n) is 22.6. The van der Waals surface area contributed by atoms with E-state index in [9.17, 15) is 19.5 Å². The molecule has 212 valence electrons. The number of nitrogens with zero attached hydrogens (tertiary/aromatic N) is 2. The van der Waals surface area contributed by atoms with Gasteiger partial charge in [0.05, 0.1) is 23.2 Å². The number of carbonyl (C=O) groups excluding carboxylic acids is 3. The Bertz CT molecular complexity index is 1100. The fourth-order valence-electron chi connectivity index (χ4n) is 6.58. The number of thioether (sulfide) groups is 1. The second kappa shape index (κ2) is 12.5. The van der Waals surface area contributed by atoms with Crippen molar-refractivity contribution in [3.05, 3.63) is 54.6 Å². The number of likely N-dealkylation sites (tertiary alicyclic amines) is 1. The van der Waals surface area contributed by atoms with Gasteiger partial charge in [0.25, 0.3) is 5.91 Å². The zero-order valence-corrected chi connectivity index (χ0v) is 24.2.